The molecule has 2 aliphatic rings. The van der Waals surface area contributed by atoms with Crippen molar-refractivity contribution in [1.82, 2.24) is 4.90 Å². The Morgan fingerprint density at radius 1 is 1.03 bits per heavy atom. The van der Waals surface area contributed by atoms with Crippen LogP contribution in [0.4, 0.5) is 5.69 Å². The number of hydrogen-bond donors (Lipinski definition) is 1. The van der Waals surface area contributed by atoms with Gasteiger partial charge in [-0.2, -0.15) is 0 Å². The van der Waals surface area contributed by atoms with E-state index in [4.69, 9.17) is 11.6 Å². The van der Waals surface area contributed by atoms with Crippen LogP contribution < -0.4 is 4.90 Å². The summed E-state index contributed by atoms with van der Waals surface area (Å²) in [5, 5.41) is 12.4. The van der Waals surface area contributed by atoms with Gasteiger partial charge in [-0.25, -0.2) is 0 Å². The van der Waals surface area contributed by atoms with Gasteiger partial charge in [0.15, 0.2) is 0 Å². The van der Waals surface area contributed by atoms with Gasteiger partial charge in [-0.15, -0.1) is 0 Å². The minimum atomic E-state index is -0.573. The number of nitrogens with zero attached hydrogens (tertiary/aromatic N) is 2. The molecule has 1 saturated heterocycles. The molecular weight excluding hydrogens is 380 g/mol. The fourth-order valence-corrected chi connectivity index (χ4v) is 5.32. The standard InChI is InChI=1S/C25H33ClN2O/c1-20-6-4-7-21(16-20)18-25(29)11-3-2-8-22(25)19-27-12-14-28(15-13-27)24-10-5-9-23(26)17-24/h4-7,9-10,16-17,22,29H,2-3,8,11-15,18-19H2,1H3. The number of halogens is 1. The highest BCUT2D eigenvalue weighted by Crippen LogP contribution is 2.37. The summed E-state index contributed by atoms with van der Waals surface area (Å²) < 4.78 is 0. The van der Waals surface area contributed by atoms with E-state index in [-0.39, 0.29) is 0 Å². The summed E-state index contributed by atoms with van der Waals surface area (Å²) in [4.78, 5) is 4.97. The zero-order valence-electron chi connectivity index (χ0n) is 17.5. The van der Waals surface area contributed by atoms with Gasteiger partial charge in [0.05, 0.1) is 5.60 Å². The fourth-order valence-electron chi connectivity index (χ4n) is 5.14. The second kappa shape index (κ2) is 9.07. The molecule has 2 atom stereocenters. The van der Waals surface area contributed by atoms with Crippen molar-refractivity contribution < 1.29 is 5.11 Å². The van der Waals surface area contributed by atoms with Crippen LogP contribution in [0.3, 0.4) is 0 Å². The van der Waals surface area contributed by atoms with E-state index in [1.54, 1.807) is 0 Å². The highest BCUT2D eigenvalue weighted by molar-refractivity contribution is 6.30. The molecule has 1 aliphatic carbocycles. The van der Waals surface area contributed by atoms with Crippen LogP contribution >= 0.6 is 11.6 Å². The molecule has 156 valence electrons. The summed E-state index contributed by atoms with van der Waals surface area (Å²) in [7, 11) is 0. The third kappa shape index (κ3) is 5.14. The zero-order valence-corrected chi connectivity index (χ0v) is 18.2. The summed E-state index contributed by atoms with van der Waals surface area (Å²) in [5.41, 5.74) is 3.18. The van der Waals surface area contributed by atoms with Gasteiger partial charge in [-0.1, -0.05) is 60.3 Å². The minimum Gasteiger partial charge on any atom is -0.389 e. The predicted molar refractivity (Wildman–Crippen MR) is 122 cm³/mol. The average molecular weight is 413 g/mol. The van der Waals surface area contributed by atoms with E-state index < -0.39 is 5.60 Å². The number of aliphatic hydroxyl groups is 1. The molecule has 2 fully saturated rings. The van der Waals surface area contributed by atoms with Crippen LogP contribution in [0.1, 0.15) is 36.8 Å². The summed E-state index contributed by atoms with van der Waals surface area (Å²) >= 11 is 6.16. The lowest BCUT2D eigenvalue weighted by molar-refractivity contribution is -0.0595. The van der Waals surface area contributed by atoms with Gasteiger partial charge < -0.3 is 10.0 Å². The first-order chi connectivity index (χ1) is 14.0. The molecule has 1 N–H and O–H groups in total. The minimum absolute atomic E-state index is 0.356. The van der Waals surface area contributed by atoms with Gasteiger partial charge in [-0.05, 0) is 43.5 Å². The summed E-state index contributed by atoms with van der Waals surface area (Å²) in [6, 6.07) is 16.8. The normalized spacial score (nSPS) is 25.9. The maximum absolute atomic E-state index is 11.6. The lowest BCUT2D eigenvalue weighted by atomic mass is 9.72. The third-order valence-corrected chi connectivity index (χ3v) is 7.02. The Balaban J connectivity index is 1.37. The molecule has 29 heavy (non-hydrogen) atoms. The van der Waals surface area contributed by atoms with Crippen LogP contribution in [0, 0.1) is 12.8 Å². The van der Waals surface area contributed by atoms with Gasteiger partial charge in [0.25, 0.3) is 0 Å². The Bertz CT molecular complexity index is 818. The Morgan fingerprint density at radius 2 is 1.83 bits per heavy atom. The number of anilines is 1. The maximum atomic E-state index is 11.6. The van der Waals surface area contributed by atoms with Crippen molar-refractivity contribution >= 4 is 17.3 Å². The van der Waals surface area contributed by atoms with Gasteiger partial charge in [0.1, 0.15) is 0 Å². The van der Waals surface area contributed by atoms with Crippen LogP contribution in [0.25, 0.3) is 0 Å². The summed E-state index contributed by atoms with van der Waals surface area (Å²) in [5.74, 6) is 0.356. The molecular formula is C25H33ClN2O. The van der Waals surface area contributed by atoms with Crippen LogP contribution in [0.2, 0.25) is 5.02 Å². The SMILES string of the molecule is Cc1cccc(CC2(O)CCCCC2CN2CCN(c3cccc(Cl)c3)CC2)c1. The molecule has 2 unspecified atom stereocenters. The van der Waals surface area contributed by atoms with E-state index in [2.05, 4.69) is 53.1 Å². The van der Waals surface area contributed by atoms with Gasteiger partial charge in [0.2, 0.25) is 0 Å². The van der Waals surface area contributed by atoms with E-state index in [9.17, 15) is 5.11 Å². The van der Waals surface area contributed by atoms with Crippen molar-refractivity contribution in [2.75, 3.05) is 37.6 Å². The number of piperazine rings is 1. The summed E-state index contributed by atoms with van der Waals surface area (Å²) in [6.07, 6.45) is 5.22. The number of hydrogen-bond acceptors (Lipinski definition) is 3. The van der Waals surface area contributed by atoms with Crippen molar-refractivity contribution in [1.29, 1.82) is 0 Å². The zero-order chi connectivity index (χ0) is 20.3. The topological polar surface area (TPSA) is 26.7 Å². The average Bonchev–Trinajstić information content (AvgIpc) is 2.70. The van der Waals surface area contributed by atoms with E-state index in [0.29, 0.717) is 5.92 Å². The molecule has 1 saturated carbocycles. The quantitative estimate of drug-likeness (QED) is 0.753. The number of benzene rings is 2. The third-order valence-electron chi connectivity index (χ3n) is 6.79. The molecule has 4 rings (SSSR count). The lowest BCUT2D eigenvalue weighted by Gasteiger charge is -2.44. The van der Waals surface area contributed by atoms with Crippen molar-refractivity contribution in [2.45, 2.75) is 44.6 Å². The first-order valence-corrected chi connectivity index (χ1v) is 11.4. The summed E-state index contributed by atoms with van der Waals surface area (Å²) in [6.45, 7) is 7.26. The highest BCUT2D eigenvalue weighted by atomic mass is 35.5. The second-order valence-electron chi connectivity index (χ2n) is 8.98. The Kier molecular flexibility index (Phi) is 6.48. The molecule has 0 aromatic heterocycles. The lowest BCUT2D eigenvalue weighted by Crippen LogP contribution is -2.52. The fraction of sp³-hybridized carbons (Fsp3) is 0.520. The first kappa shape index (κ1) is 20.7. The van der Waals surface area contributed by atoms with Crippen molar-refractivity contribution in [3.63, 3.8) is 0 Å². The van der Waals surface area contributed by atoms with E-state index >= 15 is 0 Å². The first-order valence-electron chi connectivity index (χ1n) is 11.0. The molecule has 2 aromatic rings. The predicted octanol–water partition coefficient (Wildman–Crippen LogP) is 4.93. The van der Waals surface area contributed by atoms with Gasteiger partial charge >= 0.3 is 0 Å². The molecule has 4 heteroatoms. The molecule has 2 aromatic carbocycles. The van der Waals surface area contributed by atoms with Gasteiger partial charge in [-0.3, -0.25) is 4.90 Å². The Morgan fingerprint density at radius 3 is 2.59 bits per heavy atom. The molecule has 0 radical (unpaired) electrons. The molecule has 1 heterocycles. The highest BCUT2D eigenvalue weighted by Gasteiger charge is 2.40. The van der Waals surface area contributed by atoms with Crippen molar-refractivity contribution in [2.24, 2.45) is 5.92 Å². The largest absolute Gasteiger partial charge is 0.389 e. The van der Waals surface area contributed by atoms with E-state index in [1.807, 2.05) is 12.1 Å². The number of rotatable bonds is 5. The van der Waals surface area contributed by atoms with Crippen LogP contribution in [-0.4, -0.2) is 48.3 Å². The maximum Gasteiger partial charge on any atom is 0.0728 e. The molecule has 0 amide bonds. The monoisotopic (exact) mass is 412 g/mol. The van der Waals surface area contributed by atoms with Crippen molar-refractivity contribution in [3.8, 4) is 0 Å². The molecule has 1 aliphatic heterocycles. The van der Waals surface area contributed by atoms with Gasteiger partial charge in [0, 0.05) is 55.8 Å². The second-order valence-corrected chi connectivity index (χ2v) is 9.42. The van der Waals surface area contributed by atoms with E-state index in [0.717, 1.165) is 63.4 Å². The van der Waals surface area contributed by atoms with E-state index in [1.165, 1.54) is 23.2 Å². The van der Waals surface area contributed by atoms with Crippen LogP contribution in [0.15, 0.2) is 48.5 Å². The molecule has 3 nitrogen and oxygen atoms in total. The van der Waals surface area contributed by atoms with Crippen LogP contribution in [-0.2, 0) is 6.42 Å². The molecule has 0 bridgehead atoms. The number of aryl methyl sites for hydroxylation is 1. The Hall–Kier alpha value is -1.55. The van der Waals surface area contributed by atoms with Crippen molar-refractivity contribution in [3.05, 3.63) is 64.7 Å². The van der Waals surface area contributed by atoms with Crippen LogP contribution in [0.5, 0.6) is 0 Å². The Labute approximate surface area is 180 Å². The smallest absolute Gasteiger partial charge is 0.0728 e. The molecule has 0 spiro atoms.